The summed E-state index contributed by atoms with van der Waals surface area (Å²) in [6, 6.07) is 0. The smallest absolute Gasteiger partial charge is 0.142 e. The maximum Gasteiger partial charge on any atom is 0.142 e. The quantitative estimate of drug-likeness (QED) is 0.766. The summed E-state index contributed by atoms with van der Waals surface area (Å²) in [6.45, 7) is 2.00. The van der Waals surface area contributed by atoms with Crippen molar-refractivity contribution in [2.24, 2.45) is 0 Å². The van der Waals surface area contributed by atoms with Gasteiger partial charge >= 0.3 is 0 Å². The Hall–Kier alpha value is -0.830. The first kappa shape index (κ1) is 9.40. The molecule has 0 atom stereocenters. The third-order valence-electron chi connectivity index (χ3n) is 3.72. The lowest BCUT2D eigenvalue weighted by molar-refractivity contribution is 0.355. The monoisotopic (exact) mass is 206 g/mol. The standard InChI is InChI=1S/C12H18N2O/c1-2-4-9(5-3-1)12-10-8-13-7-6-11(10)15-14-12/h9,13H,1-8H2. The summed E-state index contributed by atoms with van der Waals surface area (Å²) in [5, 5.41) is 7.71. The summed E-state index contributed by atoms with van der Waals surface area (Å²) in [5.41, 5.74) is 2.63. The molecule has 1 aromatic heterocycles. The van der Waals surface area contributed by atoms with E-state index in [0.29, 0.717) is 5.92 Å². The van der Waals surface area contributed by atoms with Gasteiger partial charge in [-0.3, -0.25) is 0 Å². The van der Waals surface area contributed by atoms with Crippen LogP contribution in [0.2, 0.25) is 0 Å². The van der Waals surface area contributed by atoms with Crippen LogP contribution in [-0.4, -0.2) is 11.7 Å². The fourth-order valence-electron chi connectivity index (χ4n) is 2.86. The Labute approximate surface area is 90.2 Å². The van der Waals surface area contributed by atoms with Crippen LogP contribution >= 0.6 is 0 Å². The number of rotatable bonds is 1. The molecule has 2 aliphatic rings. The van der Waals surface area contributed by atoms with Gasteiger partial charge in [-0.2, -0.15) is 0 Å². The zero-order valence-electron chi connectivity index (χ0n) is 9.09. The van der Waals surface area contributed by atoms with Gasteiger partial charge in [0.1, 0.15) is 5.76 Å². The number of nitrogens with one attached hydrogen (secondary N) is 1. The van der Waals surface area contributed by atoms with E-state index >= 15 is 0 Å². The van der Waals surface area contributed by atoms with Gasteiger partial charge in [0.15, 0.2) is 0 Å². The maximum absolute atomic E-state index is 5.45. The van der Waals surface area contributed by atoms with Crippen LogP contribution in [0.25, 0.3) is 0 Å². The molecule has 1 N–H and O–H groups in total. The lowest BCUT2D eigenvalue weighted by Crippen LogP contribution is -2.23. The van der Waals surface area contributed by atoms with E-state index in [2.05, 4.69) is 10.5 Å². The second-order valence-electron chi connectivity index (χ2n) is 4.73. The van der Waals surface area contributed by atoms with Crippen molar-refractivity contribution < 1.29 is 4.52 Å². The average Bonchev–Trinajstić information content (AvgIpc) is 2.74. The van der Waals surface area contributed by atoms with Gasteiger partial charge in [0.2, 0.25) is 0 Å². The van der Waals surface area contributed by atoms with Crippen molar-refractivity contribution in [1.82, 2.24) is 10.5 Å². The van der Waals surface area contributed by atoms with Crippen LogP contribution in [-0.2, 0) is 13.0 Å². The lowest BCUT2D eigenvalue weighted by atomic mass is 9.85. The van der Waals surface area contributed by atoms with Crippen LogP contribution in [0.5, 0.6) is 0 Å². The molecule has 1 fully saturated rings. The van der Waals surface area contributed by atoms with Gasteiger partial charge in [0, 0.05) is 31.0 Å². The molecule has 0 bridgehead atoms. The fourth-order valence-corrected chi connectivity index (χ4v) is 2.86. The first-order valence-corrected chi connectivity index (χ1v) is 6.13. The Kier molecular flexibility index (Phi) is 2.49. The maximum atomic E-state index is 5.45. The van der Waals surface area contributed by atoms with Crippen LogP contribution in [0.1, 0.15) is 55.0 Å². The van der Waals surface area contributed by atoms with Gasteiger partial charge in [0.05, 0.1) is 5.69 Å². The van der Waals surface area contributed by atoms with Crippen molar-refractivity contribution in [2.45, 2.75) is 51.0 Å². The van der Waals surface area contributed by atoms with Gasteiger partial charge < -0.3 is 9.84 Å². The van der Waals surface area contributed by atoms with Crippen LogP contribution in [0.4, 0.5) is 0 Å². The summed E-state index contributed by atoms with van der Waals surface area (Å²) in [6.07, 6.45) is 7.74. The normalized spacial score (nSPS) is 22.7. The summed E-state index contributed by atoms with van der Waals surface area (Å²) in [4.78, 5) is 0. The summed E-state index contributed by atoms with van der Waals surface area (Å²) >= 11 is 0. The molecule has 1 aliphatic carbocycles. The lowest BCUT2D eigenvalue weighted by Gasteiger charge is -2.21. The molecule has 3 rings (SSSR count). The molecule has 1 saturated carbocycles. The summed E-state index contributed by atoms with van der Waals surface area (Å²) in [5.74, 6) is 1.81. The van der Waals surface area contributed by atoms with E-state index in [-0.39, 0.29) is 0 Å². The molecule has 0 unspecified atom stereocenters. The summed E-state index contributed by atoms with van der Waals surface area (Å²) < 4.78 is 5.45. The zero-order valence-corrected chi connectivity index (χ0v) is 9.09. The van der Waals surface area contributed by atoms with E-state index in [4.69, 9.17) is 4.52 Å². The van der Waals surface area contributed by atoms with Crippen LogP contribution < -0.4 is 5.32 Å². The highest BCUT2D eigenvalue weighted by molar-refractivity contribution is 5.28. The molecule has 3 heteroatoms. The van der Waals surface area contributed by atoms with Gasteiger partial charge in [-0.15, -0.1) is 0 Å². The second kappa shape index (κ2) is 3.97. The summed E-state index contributed by atoms with van der Waals surface area (Å²) in [7, 11) is 0. The van der Waals surface area contributed by atoms with E-state index in [0.717, 1.165) is 25.3 Å². The van der Waals surface area contributed by atoms with E-state index < -0.39 is 0 Å². The molecule has 0 radical (unpaired) electrons. The van der Waals surface area contributed by atoms with Gasteiger partial charge in [-0.25, -0.2) is 0 Å². The largest absolute Gasteiger partial charge is 0.361 e. The second-order valence-corrected chi connectivity index (χ2v) is 4.73. The van der Waals surface area contributed by atoms with Crippen LogP contribution in [0.3, 0.4) is 0 Å². The van der Waals surface area contributed by atoms with E-state index in [1.54, 1.807) is 0 Å². The number of nitrogens with zero attached hydrogens (tertiary/aromatic N) is 1. The Balaban J connectivity index is 1.87. The van der Waals surface area contributed by atoms with Gasteiger partial charge in [0.25, 0.3) is 0 Å². The van der Waals surface area contributed by atoms with Crippen molar-refractivity contribution in [3.8, 4) is 0 Å². The SMILES string of the molecule is C1CCC(c2noc3c2CNCC3)CC1. The molecule has 3 nitrogen and oxygen atoms in total. The average molecular weight is 206 g/mol. The molecule has 0 saturated heterocycles. The minimum Gasteiger partial charge on any atom is -0.361 e. The topological polar surface area (TPSA) is 38.1 Å². The Morgan fingerprint density at radius 3 is 2.93 bits per heavy atom. The molecular weight excluding hydrogens is 188 g/mol. The van der Waals surface area contributed by atoms with Crippen molar-refractivity contribution in [3.05, 3.63) is 17.0 Å². The Morgan fingerprint density at radius 2 is 2.07 bits per heavy atom. The first-order chi connectivity index (χ1) is 7.45. The number of fused-ring (bicyclic) bond motifs is 1. The fraction of sp³-hybridized carbons (Fsp3) is 0.750. The zero-order chi connectivity index (χ0) is 10.1. The third kappa shape index (κ3) is 1.69. The number of hydrogen-bond acceptors (Lipinski definition) is 3. The molecule has 0 amide bonds. The molecule has 1 aliphatic heterocycles. The van der Waals surface area contributed by atoms with Crippen molar-refractivity contribution in [1.29, 1.82) is 0 Å². The van der Waals surface area contributed by atoms with E-state index in [1.165, 1.54) is 43.4 Å². The predicted octanol–water partition coefficient (Wildman–Crippen LogP) is 2.37. The molecule has 1 aromatic rings. The molecule has 82 valence electrons. The highest BCUT2D eigenvalue weighted by atomic mass is 16.5. The van der Waals surface area contributed by atoms with Crippen molar-refractivity contribution >= 4 is 0 Å². The predicted molar refractivity (Wildman–Crippen MR) is 57.7 cm³/mol. The van der Waals surface area contributed by atoms with E-state index in [1.807, 2.05) is 0 Å². The van der Waals surface area contributed by atoms with E-state index in [9.17, 15) is 0 Å². The van der Waals surface area contributed by atoms with Gasteiger partial charge in [-0.1, -0.05) is 24.4 Å². The van der Waals surface area contributed by atoms with Crippen LogP contribution in [0.15, 0.2) is 4.52 Å². The molecular formula is C12H18N2O. The van der Waals surface area contributed by atoms with Gasteiger partial charge in [-0.05, 0) is 12.8 Å². The van der Waals surface area contributed by atoms with Crippen molar-refractivity contribution in [3.63, 3.8) is 0 Å². The molecule has 0 spiro atoms. The highest BCUT2D eigenvalue weighted by Gasteiger charge is 2.26. The molecule has 0 aromatic carbocycles. The minimum absolute atomic E-state index is 0.672. The number of aromatic nitrogens is 1. The Bertz CT molecular complexity index is 339. The molecule has 15 heavy (non-hydrogen) atoms. The Morgan fingerprint density at radius 1 is 1.20 bits per heavy atom. The molecule has 2 heterocycles. The highest BCUT2D eigenvalue weighted by Crippen LogP contribution is 2.35. The van der Waals surface area contributed by atoms with Crippen molar-refractivity contribution in [2.75, 3.05) is 6.54 Å². The van der Waals surface area contributed by atoms with Crippen LogP contribution in [0, 0.1) is 0 Å². The number of hydrogen-bond donors (Lipinski definition) is 1. The minimum atomic E-state index is 0.672. The first-order valence-electron chi connectivity index (χ1n) is 6.13. The third-order valence-corrected chi connectivity index (χ3v) is 3.72.